The van der Waals surface area contributed by atoms with E-state index in [0.717, 1.165) is 11.3 Å². The third-order valence-corrected chi connectivity index (χ3v) is 3.84. The molecule has 0 saturated heterocycles. The van der Waals surface area contributed by atoms with Gasteiger partial charge in [0.15, 0.2) is 6.79 Å². The van der Waals surface area contributed by atoms with E-state index in [0.29, 0.717) is 13.4 Å². The standard InChI is InChI=1S/C13H17NO2/c1-9(14)13(5-6-13)11-4-2-3-10-7-15-8-16-12(10)11/h2-4,9H,5-8,14H2,1H3. The molecule has 2 N–H and O–H groups in total. The second-order valence-corrected chi connectivity index (χ2v) is 4.85. The van der Waals surface area contributed by atoms with E-state index in [1.807, 2.05) is 0 Å². The highest BCUT2D eigenvalue weighted by Crippen LogP contribution is 2.54. The Hall–Kier alpha value is -1.06. The Kier molecular flexibility index (Phi) is 2.19. The van der Waals surface area contributed by atoms with Gasteiger partial charge in [-0.2, -0.15) is 0 Å². The maximum Gasteiger partial charge on any atom is 0.189 e. The van der Waals surface area contributed by atoms with Crippen LogP contribution in [-0.4, -0.2) is 12.8 Å². The Balaban J connectivity index is 2.08. The minimum atomic E-state index is 0.155. The lowest BCUT2D eigenvalue weighted by atomic mass is 9.87. The van der Waals surface area contributed by atoms with Crippen LogP contribution in [0, 0.1) is 0 Å². The average molecular weight is 219 g/mol. The molecule has 1 atom stereocenters. The lowest BCUT2D eigenvalue weighted by Crippen LogP contribution is -2.32. The van der Waals surface area contributed by atoms with Gasteiger partial charge in [0, 0.05) is 22.6 Å². The molecule has 1 aromatic carbocycles. The summed E-state index contributed by atoms with van der Waals surface area (Å²) < 4.78 is 10.9. The third-order valence-electron chi connectivity index (χ3n) is 3.84. The number of benzene rings is 1. The molecule has 1 aromatic rings. The molecule has 1 saturated carbocycles. The first-order valence-electron chi connectivity index (χ1n) is 5.82. The van der Waals surface area contributed by atoms with Crippen LogP contribution in [-0.2, 0) is 16.8 Å². The van der Waals surface area contributed by atoms with Crippen molar-refractivity contribution in [3.05, 3.63) is 29.3 Å². The highest BCUT2D eigenvalue weighted by molar-refractivity contribution is 5.49. The second-order valence-electron chi connectivity index (χ2n) is 4.85. The number of nitrogens with two attached hydrogens (primary N) is 1. The molecule has 0 aromatic heterocycles. The third kappa shape index (κ3) is 1.35. The number of rotatable bonds is 2. The van der Waals surface area contributed by atoms with Crippen LogP contribution in [0.15, 0.2) is 18.2 Å². The van der Waals surface area contributed by atoms with E-state index >= 15 is 0 Å². The number of hydrogen-bond acceptors (Lipinski definition) is 3. The number of para-hydroxylation sites is 1. The minimum Gasteiger partial charge on any atom is -0.467 e. The van der Waals surface area contributed by atoms with E-state index in [1.165, 1.54) is 18.4 Å². The van der Waals surface area contributed by atoms with Crippen LogP contribution in [0.5, 0.6) is 5.75 Å². The minimum absolute atomic E-state index is 0.155. The van der Waals surface area contributed by atoms with Crippen LogP contribution < -0.4 is 10.5 Å². The predicted molar refractivity (Wildman–Crippen MR) is 61.3 cm³/mol. The van der Waals surface area contributed by atoms with Crippen LogP contribution in [0.25, 0.3) is 0 Å². The van der Waals surface area contributed by atoms with Crippen molar-refractivity contribution in [1.82, 2.24) is 0 Å². The first-order chi connectivity index (χ1) is 7.74. The molecule has 2 aliphatic rings. The van der Waals surface area contributed by atoms with Crippen molar-refractivity contribution in [3.63, 3.8) is 0 Å². The molecule has 0 amide bonds. The van der Waals surface area contributed by atoms with Crippen molar-refractivity contribution in [1.29, 1.82) is 0 Å². The molecule has 1 unspecified atom stereocenters. The Morgan fingerprint density at radius 3 is 2.88 bits per heavy atom. The molecule has 3 nitrogen and oxygen atoms in total. The van der Waals surface area contributed by atoms with Gasteiger partial charge in [0.25, 0.3) is 0 Å². The Morgan fingerprint density at radius 2 is 2.19 bits per heavy atom. The van der Waals surface area contributed by atoms with E-state index < -0.39 is 0 Å². The van der Waals surface area contributed by atoms with E-state index in [4.69, 9.17) is 15.2 Å². The average Bonchev–Trinajstić information content (AvgIpc) is 3.09. The molecule has 16 heavy (non-hydrogen) atoms. The van der Waals surface area contributed by atoms with E-state index in [9.17, 15) is 0 Å². The first-order valence-corrected chi connectivity index (χ1v) is 5.82. The van der Waals surface area contributed by atoms with Gasteiger partial charge in [-0.15, -0.1) is 0 Å². The van der Waals surface area contributed by atoms with Crippen molar-refractivity contribution in [3.8, 4) is 5.75 Å². The van der Waals surface area contributed by atoms with Gasteiger partial charge in [-0.3, -0.25) is 0 Å². The lowest BCUT2D eigenvalue weighted by molar-refractivity contribution is -0.0174. The van der Waals surface area contributed by atoms with Gasteiger partial charge in [0.2, 0.25) is 0 Å². The van der Waals surface area contributed by atoms with Gasteiger partial charge in [0.05, 0.1) is 6.61 Å². The molecular formula is C13H17NO2. The first kappa shape index (κ1) is 10.1. The Labute approximate surface area is 95.5 Å². The van der Waals surface area contributed by atoms with Gasteiger partial charge in [-0.25, -0.2) is 0 Å². The summed E-state index contributed by atoms with van der Waals surface area (Å²) in [6.45, 7) is 3.10. The van der Waals surface area contributed by atoms with Crippen LogP contribution in [0.2, 0.25) is 0 Å². The summed E-state index contributed by atoms with van der Waals surface area (Å²) in [6.07, 6.45) is 2.34. The van der Waals surface area contributed by atoms with Crippen LogP contribution in [0.4, 0.5) is 0 Å². The van der Waals surface area contributed by atoms with Crippen molar-refractivity contribution in [2.24, 2.45) is 5.73 Å². The van der Waals surface area contributed by atoms with Crippen molar-refractivity contribution >= 4 is 0 Å². The molecule has 3 heteroatoms. The molecular weight excluding hydrogens is 202 g/mol. The van der Waals surface area contributed by atoms with Gasteiger partial charge in [-0.05, 0) is 19.8 Å². The van der Waals surface area contributed by atoms with Crippen molar-refractivity contribution < 1.29 is 9.47 Å². The highest BCUT2D eigenvalue weighted by Gasteiger charge is 2.49. The summed E-state index contributed by atoms with van der Waals surface area (Å²) in [5, 5.41) is 0. The topological polar surface area (TPSA) is 44.5 Å². The predicted octanol–water partition coefficient (Wildman–Crippen LogP) is 1.93. The molecule has 3 rings (SSSR count). The van der Waals surface area contributed by atoms with Crippen LogP contribution in [0.1, 0.15) is 30.9 Å². The number of hydrogen-bond donors (Lipinski definition) is 1. The summed E-state index contributed by atoms with van der Waals surface area (Å²) >= 11 is 0. The second kappa shape index (κ2) is 3.47. The number of fused-ring (bicyclic) bond motifs is 1. The smallest absolute Gasteiger partial charge is 0.189 e. The van der Waals surface area contributed by atoms with Crippen molar-refractivity contribution in [2.75, 3.05) is 6.79 Å². The largest absolute Gasteiger partial charge is 0.467 e. The normalized spacial score (nSPS) is 23.1. The zero-order chi connectivity index (χ0) is 11.2. The van der Waals surface area contributed by atoms with Gasteiger partial charge < -0.3 is 15.2 Å². The van der Waals surface area contributed by atoms with Crippen molar-refractivity contribution in [2.45, 2.75) is 37.8 Å². The Bertz CT molecular complexity index is 410. The fraction of sp³-hybridized carbons (Fsp3) is 0.538. The van der Waals surface area contributed by atoms with E-state index in [1.54, 1.807) is 0 Å². The quantitative estimate of drug-likeness (QED) is 0.826. The molecule has 0 spiro atoms. The summed E-state index contributed by atoms with van der Waals surface area (Å²) in [4.78, 5) is 0. The molecule has 1 heterocycles. The summed E-state index contributed by atoms with van der Waals surface area (Å²) in [5.74, 6) is 1.02. The lowest BCUT2D eigenvalue weighted by Gasteiger charge is -2.27. The maximum absolute atomic E-state index is 6.11. The van der Waals surface area contributed by atoms with Gasteiger partial charge >= 0.3 is 0 Å². The molecule has 1 aliphatic heterocycles. The van der Waals surface area contributed by atoms with E-state index in [2.05, 4.69) is 25.1 Å². The van der Waals surface area contributed by atoms with E-state index in [-0.39, 0.29) is 11.5 Å². The highest BCUT2D eigenvalue weighted by atomic mass is 16.7. The zero-order valence-electron chi connectivity index (χ0n) is 9.53. The maximum atomic E-state index is 6.11. The molecule has 0 radical (unpaired) electrons. The fourth-order valence-corrected chi connectivity index (χ4v) is 2.62. The zero-order valence-corrected chi connectivity index (χ0v) is 9.53. The monoisotopic (exact) mass is 219 g/mol. The fourth-order valence-electron chi connectivity index (χ4n) is 2.62. The summed E-state index contributed by atoms with van der Waals surface area (Å²) in [7, 11) is 0. The van der Waals surface area contributed by atoms with Crippen LogP contribution >= 0.6 is 0 Å². The molecule has 1 fully saturated rings. The van der Waals surface area contributed by atoms with Gasteiger partial charge in [-0.1, -0.05) is 18.2 Å². The van der Waals surface area contributed by atoms with Gasteiger partial charge in [0.1, 0.15) is 5.75 Å². The molecule has 86 valence electrons. The molecule has 0 bridgehead atoms. The summed E-state index contributed by atoms with van der Waals surface area (Å²) in [5.41, 5.74) is 8.70. The molecule has 1 aliphatic carbocycles. The SMILES string of the molecule is CC(N)C1(c2cccc3c2OCOC3)CC1. The number of ether oxygens (including phenoxy) is 2. The Morgan fingerprint density at radius 1 is 1.38 bits per heavy atom. The van der Waals surface area contributed by atoms with Crippen LogP contribution in [0.3, 0.4) is 0 Å². The summed E-state index contributed by atoms with van der Waals surface area (Å²) in [6, 6.07) is 6.48.